The molecular formula is C15H22N2O2. The lowest BCUT2D eigenvalue weighted by molar-refractivity contribution is -0.128. The highest BCUT2D eigenvalue weighted by atomic mass is 16.2. The van der Waals surface area contributed by atoms with Gasteiger partial charge in [-0.2, -0.15) is 0 Å². The minimum absolute atomic E-state index is 0.0434. The lowest BCUT2D eigenvalue weighted by atomic mass is 10.1. The number of anilines is 1. The molecule has 0 bridgehead atoms. The van der Waals surface area contributed by atoms with Crippen molar-refractivity contribution in [1.82, 2.24) is 4.90 Å². The molecule has 0 atom stereocenters. The SMILES string of the molecule is CCCCN(C)C(=O)CNc1ccc(C(C)=O)cc1. The summed E-state index contributed by atoms with van der Waals surface area (Å²) >= 11 is 0. The van der Waals surface area contributed by atoms with E-state index in [0.29, 0.717) is 5.56 Å². The average molecular weight is 262 g/mol. The summed E-state index contributed by atoms with van der Waals surface area (Å²) in [6.45, 7) is 4.71. The van der Waals surface area contributed by atoms with E-state index < -0.39 is 0 Å². The first-order valence-electron chi connectivity index (χ1n) is 6.63. The Hall–Kier alpha value is -1.84. The standard InChI is InChI=1S/C15H22N2O2/c1-4-5-10-17(3)15(19)11-16-14-8-6-13(7-9-14)12(2)18/h6-9,16H,4-5,10-11H2,1-3H3. The van der Waals surface area contributed by atoms with Gasteiger partial charge in [-0.05, 0) is 37.6 Å². The van der Waals surface area contributed by atoms with Crippen LogP contribution >= 0.6 is 0 Å². The van der Waals surface area contributed by atoms with E-state index in [2.05, 4.69) is 12.2 Å². The van der Waals surface area contributed by atoms with Crippen LogP contribution in [0.1, 0.15) is 37.0 Å². The molecule has 0 aliphatic heterocycles. The molecule has 1 rings (SSSR count). The zero-order chi connectivity index (χ0) is 14.3. The van der Waals surface area contributed by atoms with Crippen LogP contribution in [0.15, 0.2) is 24.3 Å². The Morgan fingerprint density at radius 2 is 1.84 bits per heavy atom. The summed E-state index contributed by atoms with van der Waals surface area (Å²) in [6.07, 6.45) is 2.10. The summed E-state index contributed by atoms with van der Waals surface area (Å²) in [5.41, 5.74) is 1.53. The summed E-state index contributed by atoms with van der Waals surface area (Å²) < 4.78 is 0. The Bertz CT molecular complexity index is 426. The summed E-state index contributed by atoms with van der Waals surface area (Å²) in [4.78, 5) is 24.7. The fourth-order valence-corrected chi connectivity index (χ4v) is 1.66. The van der Waals surface area contributed by atoms with Gasteiger partial charge in [-0.25, -0.2) is 0 Å². The maximum Gasteiger partial charge on any atom is 0.241 e. The molecule has 0 aliphatic carbocycles. The van der Waals surface area contributed by atoms with Crippen molar-refractivity contribution in [3.05, 3.63) is 29.8 Å². The molecule has 0 aromatic heterocycles. The summed E-state index contributed by atoms with van der Waals surface area (Å²) in [5.74, 6) is 0.117. The first-order chi connectivity index (χ1) is 9.04. The first kappa shape index (κ1) is 15.2. The predicted octanol–water partition coefficient (Wildman–Crippen LogP) is 2.56. The number of nitrogens with zero attached hydrogens (tertiary/aromatic N) is 1. The van der Waals surface area contributed by atoms with E-state index >= 15 is 0 Å². The van der Waals surface area contributed by atoms with Gasteiger partial charge in [0.1, 0.15) is 0 Å². The molecule has 4 heteroatoms. The van der Waals surface area contributed by atoms with Crippen LogP contribution in [0.5, 0.6) is 0 Å². The highest BCUT2D eigenvalue weighted by molar-refractivity contribution is 5.94. The maximum absolute atomic E-state index is 11.8. The predicted molar refractivity (Wildman–Crippen MR) is 77.5 cm³/mol. The Labute approximate surface area is 114 Å². The molecular weight excluding hydrogens is 240 g/mol. The summed E-state index contributed by atoms with van der Waals surface area (Å²) in [7, 11) is 1.82. The van der Waals surface area contributed by atoms with Gasteiger partial charge in [-0.1, -0.05) is 13.3 Å². The zero-order valence-electron chi connectivity index (χ0n) is 11.9. The van der Waals surface area contributed by atoms with E-state index in [-0.39, 0.29) is 18.2 Å². The van der Waals surface area contributed by atoms with E-state index in [4.69, 9.17) is 0 Å². The van der Waals surface area contributed by atoms with Crippen LogP contribution < -0.4 is 5.32 Å². The van der Waals surface area contributed by atoms with Gasteiger partial charge in [0.05, 0.1) is 6.54 Å². The van der Waals surface area contributed by atoms with E-state index in [1.54, 1.807) is 17.0 Å². The number of likely N-dealkylation sites (N-methyl/N-ethyl adjacent to an activating group) is 1. The average Bonchev–Trinajstić information content (AvgIpc) is 2.42. The molecule has 1 aromatic rings. The van der Waals surface area contributed by atoms with Gasteiger partial charge < -0.3 is 10.2 Å². The number of nitrogens with one attached hydrogen (secondary N) is 1. The molecule has 0 fully saturated rings. The number of Topliss-reactive ketones (excluding diaryl/α,β-unsaturated/α-hetero) is 1. The van der Waals surface area contributed by atoms with E-state index in [9.17, 15) is 9.59 Å². The molecule has 1 N–H and O–H groups in total. The van der Waals surface area contributed by atoms with Crippen molar-refractivity contribution >= 4 is 17.4 Å². The molecule has 0 aliphatic rings. The van der Waals surface area contributed by atoms with Crippen LogP contribution in [-0.2, 0) is 4.79 Å². The van der Waals surface area contributed by atoms with E-state index in [1.807, 2.05) is 19.2 Å². The maximum atomic E-state index is 11.8. The number of rotatable bonds is 7. The van der Waals surface area contributed by atoms with Crippen molar-refractivity contribution in [3.8, 4) is 0 Å². The molecule has 0 radical (unpaired) electrons. The summed E-state index contributed by atoms with van der Waals surface area (Å²) in [5, 5.41) is 3.07. The molecule has 104 valence electrons. The highest BCUT2D eigenvalue weighted by Gasteiger charge is 2.07. The fourth-order valence-electron chi connectivity index (χ4n) is 1.66. The highest BCUT2D eigenvalue weighted by Crippen LogP contribution is 2.09. The van der Waals surface area contributed by atoms with Crippen molar-refractivity contribution < 1.29 is 9.59 Å². The van der Waals surface area contributed by atoms with E-state index in [0.717, 1.165) is 25.1 Å². The molecule has 4 nitrogen and oxygen atoms in total. The van der Waals surface area contributed by atoms with Crippen molar-refractivity contribution in [2.75, 3.05) is 25.5 Å². The van der Waals surface area contributed by atoms with Gasteiger partial charge in [0.15, 0.2) is 5.78 Å². The molecule has 0 saturated heterocycles. The molecule has 19 heavy (non-hydrogen) atoms. The molecule has 1 amide bonds. The zero-order valence-corrected chi connectivity index (χ0v) is 11.9. The normalized spacial score (nSPS) is 10.1. The Morgan fingerprint density at radius 1 is 1.21 bits per heavy atom. The minimum Gasteiger partial charge on any atom is -0.376 e. The second-order valence-corrected chi connectivity index (χ2v) is 4.66. The van der Waals surface area contributed by atoms with Crippen molar-refractivity contribution in [3.63, 3.8) is 0 Å². The van der Waals surface area contributed by atoms with Gasteiger partial charge in [-0.3, -0.25) is 9.59 Å². The summed E-state index contributed by atoms with van der Waals surface area (Å²) in [6, 6.07) is 7.15. The quantitative estimate of drug-likeness (QED) is 0.768. The first-order valence-corrected chi connectivity index (χ1v) is 6.63. The molecule has 0 spiro atoms. The third-order valence-corrected chi connectivity index (χ3v) is 3.01. The fraction of sp³-hybridized carbons (Fsp3) is 0.467. The molecule has 0 heterocycles. The lowest BCUT2D eigenvalue weighted by Crippen LogP contribution is -2.32. The smallest absolute Gasteiger partial charge is 0.241 e. The van der Waals surface area contributed by atoms with Crippen LogP contribution in [-0.4, -0.2) is 36.7 Å². The third-order valence-electron chi connectivity index (χ3n) is 3.01. The number of carbonyl (C=O) groups is 2. The van der Waals surface area contributed by atoms with Gasteiger partial charge in [-0.15, -0.1) is 0 Å². The second-order valence-electron chi connectivity index (χ2n) is 4.66. The number of unbranched alkanes of at least 4 members (excludes halogenated alkanes) is 1. The van der Waals surface area contributed by atoms with Gasteiger partial charge in [0.2, 0.25) is 5.91 Å². The number of benzene rings is 1. The number of ketones is 1. The topological polar surface area (TPSA) is 49.4 Å². The van der Waals surface area contributed by atoms with Crippen LogP contribution in [0, 0.1) is 0 Å². The number of hydrogen-bond acceptors (Lipinski definition) is 3. The number of carbonyl (C=O) groups excluding carboxylic acids is 2. The Morgan fingerprint density at radius 3 is 2.37 bits per heavy atom. The minimum atomic E-state index is 0.0434. The van der Waals surface area contributed by atoms with Crippen LogP contribution in [0.4, 0.5) is 5.69 Å². The van der Waals surface area contributed by atoms with Crippen molar-refractivity contribution in [1.29, 1.82) is 0 Å². The van der Waals surface area contributed by atoms with Crippen LogP contribution in [0.3, 0.4) is 0 Å². The number of amides is 1. The molecule has 1 aromatic carbocycles. The van der Waals surface area contributed by atoms with Crippen LogP contribution in [0.25, 0.3) is 0 Å². The molecule has 0 saturated carbocycles. The second kappa shape index (κ2) is 7.56. The Balaban J connectivity index is 2.43. The van der Waals surface area contributed by atoms with Gasteiger partial charge in [0.25, 0.3) is 0 Å². The largest absolute Gasteiger partial charge is 0.376 e. The molecule has 0 unspecified atom stereocenters. The van der Waals surface area contributed by atoms with Crippen molar-refractivity contribution in [2.45, 2.75) is 26.7 Å². The lowest BCUT2D eigenvalue weighted by Gasteiger charge is -2.17. The van der Waals surface area contributed by atoms with E-state index in [1.165, 1.54) is 6.92 Å². The van der Waals surface area contributed by atoms with Crippen LogP contribution in [0.2, 0.25) is 0 Å². The van der Waals surface area contributed by atoms with Gasteiger partial charge >= 0.3 is 0 Å². The van der Waals surface area contributed by atoms with Crippen molar-refractivity contribution in [2.24, 2.45) is 0 Å². The monoisotopic (exact) mass is 262 g/mol. The number of hydrogen-bond donors (Lipinski definition) is 1. The Kier molecular flexibility index (Phi) is 6.06. The van der Waals surface area contributed by atoms with Gasteiger partial charge in [0, 0.05) is 24.8 Å². The third kappa shape index (κ3) is 5.12.